The van der Waals surface area contributed by atoms with Crippen LogP contribution in [0.5, 0.6) is 0 Å². The van der Waals surface area contributed by atoms with Crippen LogP contribution in [-0.4, -0.2) is 57.4 Å². The molecule has 0 saturated carbocycles. The molecule has 0 radical (unpaired) electrons. The predicted octanol–water partition coefficient (Wildman–Crippen LogP) is 2.73. The van der Waals surface area contributed by atoms with Gasteiger partial charge in [-0.3, -0.25) is 14.5 Å². The number of hydrogen-bond acceptors (Lipinski definition) is 3. The highest BCUT2D eigenvalue weighted by atomic mass is 19.1. The summed E-state index contributed by atoms with van der Waals surface area (Å²) in [6, 6.07) is 8.06. The molecule has 4 rings (SSSR count). The SMILES string of the molecule is CCCN1CCN(C(=O)CCCn2c(=O)c3cccn3c3ccc(F)cc32)CC1. The molecular weight excluding hydrogens is 371 g/mol. The lowest BCUT2D eigenvalue weighted by Gasteiger charge is -2.34. The average Bonchev–Trinajstić information content (AvgIpc) is 3.21. The molecule has 2 aromatic heterocycles. The molecule has 154 valence electrons. The second-order valence-electron chi connectivity index (χ2n) is 7.68. The van der Waals surface area contributed by atoms with E-state index in [-0.39, 0.29) is 17.3 Å². The quantitative estimate of drug-likeness (QED) is 0.642. The van der Waals surface area contributed by atoms with Gasteiger partial charge in [-0.1, -0.05) is 6.92 Å². The van der Waals surface area contributed by atoms with Gasteiger partial charge in [-0.05, 0) is 49.7 Å². The maximum Gasteiger partial charge on any atom is 0.275 e. The van der Waals surface area contributed by atoms with E-state index in [4.69, 9.17) is 0 Å². The zero-order chi connectivity index (χ0) is 20.4. The molecular formula is C22H27FN4O2. The number of amides is 1. The Labute approximate surface area is 169 Å². The third-order valence-electron chi connectivity index (χ3n) is 5.74. The molecule has 3 aromatic rings. The molecule has 29 heavy (non-hydrogen) atoms. The van der Waals surface area contributed by atoms with Gasteiger partial charge in [0.25, 0.3) is 5.56 Å². The Morgan fingerprint density at radius 1 is 1.03 bits per heavy atom. The molecule has 1 amide bonds. The van der Waals surface area contributed by atoms with E-state index in [1.165, 1.54) is 12.1 Å². The molecule has 0 aliphatic carbocycles. The number of carbonyl (C=O) groups is 1. The highest BCUT2D eigenvalue weighted by molar-refractivity contribution is 5.79. The van der Waals surface area contributed by atoms with Gasteiger partial charge in [0.15, 0.2) is 0 Å². The number of carbonyl (C=O) groups excluding carboxylic acids is 1. The van der Waals surface area contributed by atoms with Gasteiger partial charge >= 0.3 is 0 Å². The summed E-state index contributed by atoms with van der Waals surface area (Å²) in [5, 5.41) is 0. The minimum Gasteiger partial charge on any atom is -0.340 e. The standard InChI is InChI=1S/C22H27FN4O2/c1-2-9-24-12-14-25(15-13-24)21(28)6-4-11-27-20-16-17(23)7-8-18(20)26-10-3-5-19(26)22(27)29/h3,5,7-8,10,16H,2,4,6,9,11-15H2,1H3. The van der Waals surface area contributed by atoms with Crippen molar-refractivity contribution in [2.24, 2.45) is 0 Å². The summed E-state index contributed by atoms with van der Waals surface area (Å²) in [4.78, 5) is 29.8. The Hall–Kier alpha value is -2.67. The van der Waals surface area contributed by atoms with Gasteiger partial charge < -0.3 is 13.9 Å². The van der Waals surface area contributed by atoms with Gasteiger partial charge in [-0.2, -0.15) is 0 Å². The van der Waals surface area contributed by atoms with Crippen LogP contribution in [0.4, 0.5) is 4.39 Å². The lowest BCUT2D eigenvalue weighted by molar-refractivity contribution is -0.133. The number of halogens is 1. The van der Waals surface area contributed by atoms with Gasteiger partial charge in [0, 0.05) is 45.3 Å². The van der Waals surface area contributed by atoms with Crippen molar-refractivity contribution in [3.63, 3.8) is 0 Å². The number of fused-ring (bicyclic) bond motifs is 3. The maximum absolute atomic E-state index is 13.9. The van der Waals surface area contributed by atoms with E-state index < -0.39 is 0 Å². The minimum absolute atomic E-state index is 0.133. The molecule has 3 heterocycles. The minimum atomic E-state index is -0.377. The van der Waals surface area contributed by atoms with Crippen LogP contribution in [0.2, 0.25) is 0 Å². The van der Waals surface area contributed by atoms with Crippen molar-refractivity contribution in [2.45, 2.75) is 32.7 Å². The number of aryl methyl sites for hydroxylation is 1. The number of hydrogen-bond donors (Lipinski definition) is 0. The average molecular weight is 398 g/mol. The van der Waals surface area contributed by atoms with E-state index in [1.54, 1.807) is 21.1 Å². The van der Waals surface area contributed by atoms with E-state index in [9.17, 15) is 14.0 Å². The van der Waals surface area contributed by atoms with E-state index >= 15 is 0 Å². The largest absolute Gasteiger partial charge is 0.340 e. The van der Waals surface area contributed by atoms with Crippen LogP contribution in [0.15, 0.2) is 41.3 Å². The predicted molar refractivity (Wildman–Crippen MR) is 112 cm³/mol. The third kappa shape index (κ3) is 3.92. The summed E-state index contributed by atoms with van der Waals surface area (Å²) in [6.07, 6.45) is 3.88. The zero-order valence-electron chi connectivity index (χ0n) is 16.8. The second kappa shape index (κ2) is 8.37. The van der Waals surface area contributed by atoms with Crippen molar-refractivity contribution in [3.05, 3.63) is 52.7 Å². The normalized spacial score (nSPS) is 15.4. The first-order valence-electron chi connectivity index (χ1n) is 10.4. The van der Waals surface area contributed by atoms with Gasteiger partial charge in [-0.25, -0.2) is 4.39 Å². The van der Waals surface area contributed by atoms with Crippen molar-refractivity contribution in [1.29, 1.82) is 0 Å². The number of rotatable bonds is 6. The fraction of sp³-hybridized carbons (Fsp3) is 0.455. The first-order chi connectivity index (χ1) is 14.1. The zero-order valence-corrected chi connectivity index (χ0v) is 16.8. The number of nitrogens with zero attached hydrogens (tertiary/aromatic N) is 4. The third-order valence-corrected chi connectivity index (χ3v) is 5.74. The first-order valence-corrected chi connectivity index (χ1v) is 10.4. The Morgan fingerprint density at radius 3 is 2.59 bits per heavy atom. The Balaban J connectivity index is 1.47. The molecule has 1 fully saturated rings. The van der Waals surface area contributed by atoms with Crippen LogP contribution in [0.25, 0.3) is 16.6 Å². The molecule has 1 aliphatic heterocycles. The van der Waals surface area contributed by atoms with E-state index in [0.717, 1.165) is 44.7 Å². The van der Waals surface area contributed by atoms with Gasteiger partial charge in [-0.15, -0.1) is 0 Å². The van der Waals surface area contributed by atoms with Crippen LogP contribution in [-0.2, 0) is 11.3 Å². The lowest BCUT2D eigenvalue weighted by atomic mass is 10.2. The summed E-state index contributed by atoms with van der Waals surface area (Å²) >= 11 is 0. The summed E-state index contributed by atoms with van der Waals surface area (Å²) in [6.45, 7) is 7.02. The summed E-state index contributed by atoms with van der Waals surface area (Å²) in [5.41, 5.74) is 1.74. The monoisotopic (exact) mass is 398 g/mol. The molecule has 0 spiro atoms. The van der Waals surface area contributed by atoms with Crippen molar-refractivity contribution in [1.82, 2.24) is 18.8 Å². The van der Waals surface area contributed by atoms with Crippen LogP contribution in [0.1, 0.15) is 26.2 Å². The van der Waals surface area contributed by atoms with E-state index in [2.05, 4.69) is 11.8 Å². The van der Waals surface area contributed by atoms with Crippen molar-refractivity contribution in [3.8, 4) is 0 Å². The molecule has 1 saturated heterocycles. The second-order valence-corrected chi connectivity index (χ2v) is 7.68. The van der Waals surface area contributed by atoms with Crippen LogP contribution < -0.4 is 5.56 Å². The molecule has 0 atom stereocenters. The highest BCUT2D eigenvalue weighted by Crippen LogP contribution is 2.17. The Bertz CT molecular complexity index is 1080. The molecule has 7 heteroatoms. The van der Waals surface area contributed by atoms with Crippen LogP contribution in [0, 0.1) is 5.82 Å². The van der Waals surface area contributed by atoms with Gasteiger partial charge in [0.05, 0.1) is 11.0 Å². The summed E-state index contributed by atoms with van der Waals surface area (Å²) < 4.78 is 17.2. The fourth-order valence-corrected chi connectivity index (χ4v) is 4.24. The van der Waals surface area contributed by atoms with Crippen LogP contribution in [0.3, 0.4) is 0 Å². The molecule has 0 bridgehead atoms. The number of piperazine rings is 1. The number of aromatic nitrogens is 2. The Kier molecular flexibility index (Phi) is 5.67. The summed E-state index contributed by atoms with van der Waals surface area (Å²) in [5.74, 6) is -0.244. The van der Waals surface area contributed by atoms with E-state index in [1.807, 2.05) is 17.2 Å². The fourth-order valence-electron chi connectivity index (χ4n) is 4.24. The molecule has 1 aliphatic rings. The van der Waals surface area contributed by atoms with Crippen molar-refractivity contribution < 1.29 is 9.18 Å². The van der Waals surface area contributed by atoms with Crippen molar-refractivity contribution in [2.75, 3.05) is 32.7 Å². The molecule has 6 nitrogen and oxygen atoms in total. The Morgan fingerprint density at radius 2 is 1.83 bits per heavy atom. The smallest absolute Gasteiger partial charge is 0.275 e. The lowest BCUT2D eigenvalue weighted by Crippen LogP contribution is -2.48. The first kappa shape index (κ1) is 19.6. The maximum atomic E-state index is 13.9. The highest BCUT2D eigenvalue weighted by Gasteiger charge is 2.20. The summed E-state index contributed by atoms with van der Waals surface area (Å²) in [7, 11) is 0. The van der Waals surface area contributed by atoms with Gasteiger partial charge in [0.1, 0.15) is 11.3 Å². The number of benzene rings is 1. The topological polar surface area (TPSA) is 50.0 Å². The van der Waals surface area contributed by atoms with E-state index in [0.29, 0.717) is 30.4 Å². The molecule has 0 unspecified atom stereocenters. The molecule has 0 N–H and O–H groups in total. The van der Waals surface area contributed by atoms with Crippen LogP contribution >= 0.6 is 0 Å². The molecule has 1 aromatic carbocycles. The van der Waals surface area contributed by atoms with Gasteiger partial charge in [0.2, 0.25) is 5.91 Å². The van der Waals surface area contributed by atoms with Crippen molar-refractivity contribution >= 4 is 22.5 Å².